The Morgan fingerprint density at radius 1 is 1.32 bits per heavy atom. The third kappa shape index (κ3) is 4.66. The molecule has 0 saturated heterocycles. The summed E-state index contributed by atoms with van der Waals surface area (Å²) in [6.07, 6.45) is 2.49. The fourth-order valence-electron chi connectivity index (χ4n) is 2.29. The minimum atomic E-state index is -0.218. The van der Waals surface area contributed by atoms with Gasteiger partial charge in [-0.15, -0.1) is 5.10 Å². The first-order valence-electron chi connectivity index (χ1n) is 7.44. The van der Waals surface area contributed by atoms with Crippen LogP contribution in [0.1, 0.15) is 20.3 Å². The molecule has 1 atom stereocenters. The first kappa shape index (κ1) is 16.2. The van der Waals surface area contributed by atoms with Crippen molar-refractivity contribution in [3.05, 3.63) is 36.5 Å². The fourth-order valence-corrected chi connectivity index (χ4v) is 2.29. The Morgan fingerprint density at radius 2 is 2.05 bits per heavy atom. The number of carbonyl (C=O) groups is 1. The Labute approximate surface area is 130 Å². The molecule has 2 N–H and O–H groups in total. The smallest absolute Gasteiger partial charge is 0.242 e. The van der Waals surface area contributed by atoms with Crippen molar-refractivity contribution in [2.75, 3.05) is 6.61 Å². The molecule has 1 aromatic carbocycles. The van der Waals surface area contributed by atoms with Gasteiger partial charge >= 0.3 is 0 Å². The third-order valence-electron chi connectivity index (χ3n) is 3.26. The number of carbonyl (C=O) groups excluding carboxylic acids is 1. The molecule has 0 radical (unpaired) electrons. The Morgan fingerprint density at radius 3 is 2.68 bits per heavy atom. The second kappa shape index (κ2) is 7.70. The van der Waals surface area contributed by atoms with Crippen molar-refractivity contribution >= 4 is 5.91 Å². The highest BCUT2D eigenvalue weighted by molar-refractivity contribution is 5.76. The van der Waals surface area contributed by atoms with Crippen LogP contribution >= 0.6 is 0 Å². The van der Waals surface area contributed by atoms with E-state index in [9.17, 15) is 9.90 Å². The summed E-state index contributed by atoms with van der Waals surface area (Å²) >= 11 is 0. The number of hydrogen-bond acceptors (Lipinski definition) is 4. The van der Waals surface area contributed by atoms with Gasteiger partial charge in [-0.25, -0.2) is 4.68 Å². The van der Waals surface area contributed by atoms with Gasteiger partial charge in [-0.1, -0.05) is 49.4 Å². The summed E-state index contributed by atoms with van der Waals surface area (Å²) in [7, 11) is 0. The first-order valence-corrected chi connectivity index (χ1v) is 7.44. The maximum atomic E-state index is 12.0. The standard InChI is InChI=1S/C16H22N4O2/c1-12(2)8-14(11-21)17-16(22)10-20-9-15(18-19-20)13-6-4-3-5-7-13/h3-7,9,12,14,21H,8,10-11H2,1-2H3,(H,17,22). The highest BCUT2D eigenvalue weighted by atomic mass is 16.3. The molecule has 0 fully saturated rings. The molecule has 1 amide bonds. The molecule has 6 heteroatoms. The Kier molecular flexibility index (Phi) is 5.66. The molecular weight excluding hydrogens is 280 g/mol. The molecule has 0 aliphatic heterocycles. The normalized spacial score (nSPS) is 12.4. The van der Waals surface area contributed by atoms with Gasteiger partial charge in [-0.2, -0.15) is 0 Å². The molecule has 0 saturated carbocycles. The van der Waals surface area contributed by atoms with Gasteiger partial charge in [0.05, 0.1) is 18.8 Å². The topological polar surface area (TPSA) is 80.0 Å². The van der Waals surface area contributed by atoms with Crippen LogP contribution in [0.15, 0.2) is 36.5 Å². The molecule has 0 bridgehead atoms. The van der Waals surface area contributed by atoms with Crippen LogP contribution in [0.5, 0.6) is 0 Å². The van der Waals surface area contributed by atoms with E-state index in [0.717, 1.165) is 17.7 Å². The van der Waals surface area contributed by atoms with E-state index in [0.29, 0.717) is 5.92 Å². The molecule has 22 heavy (non-hydrogen) atoms. The monoisotopic (exact) mass is 302 g/mol. The maximum Gasteiger partial charge on any atom is 0.242 e. The zero-order valence-corrected chi connectivity index (χ0v) is 12.9. The van der Waals surface area contributed by atoms with Gasteiger partial charge < -0.3 is 10.4 Å². The summed E-state index contributed by atoms with van der Waals surface area (Å²) in [6, 6.07) is 9.46. The van der Waals surface area contributed by atoms with Gasteiger partial charge in [0.25, 0.3) is 0 Å². The number of hydrogen-bond donors (Lipinski definition) is 2. The highest BCUT2D eigenvalue weighted by Gasteiger charge is 2.14. The number of aliphatic hydroxyl groups excluding tert-OH is 1. The largest absolute Gasteiger partial charge is 0.394 e. The van der Waals surface area contributed by atoms with E-state index < -0.39 is 0 Å². The predicted octanol–water partition coefficient (Wildman–Crippen LogP) is 1.47. The second-order valence-electron chi connectivity index (χ2n) is 5.74. The van der Waals surface area contributed by atoms with E-state index in [1.807, 2.05) is 30.3 Å². The molecule has 0 aliphatic carbocycles. The molecule has 0 spiro atoms. The van der Waals surface area contributed by atoms with Gasteiger partial charge in [-0.3, -0.25) is 4.79 Å². The van der Waals surface area contributed by atoms with E-state index in [1.165, 1.54) is 4.68 Å². The lowest BCUT2D eigenvalue weighted by molar-refractivity contribution is -0.123. The van der Waals surface area contributed by atoms with Crippen LogP contribution in [-0.4, -0.2) is 38.7 Å². The zero-order valence-electron chi connectivity index (χ0n) is 12.9. The average molecular weight is 302 g/mol. The number of aromatic nitrogens is 3. The second-order valence-corrected chi connectivity index (χ2v) is 5.74. The van der Waals surface area contributed by atoms with E-state index in [-0.39, 0.29) is 25.1 Å². The van der Waals surface area contributed by atoms with E-state index in [2.05, 4.69) is 29.5 Å². The Bertz CT molecular complexity index is 595. The van der Waals surface area contributed by atoms with Crippen LogP contribution < -0.4 is 5.32 Å². The fraction of sp³-hybridized carbons (Fsp3) is 0.438. The molecule has 1 heterocycles. The number of rotatable bonds is 7. The number of nitrogens with zero attached hydrogens (tertiary/aromatic N) is 3. The number of aliphatic hydroxyl groups is 1. The van der Waals surface area contributed by atoms with Crippen molar-refractivity contribution in [3.63, 3.8) is 0 Å². The zero-order chi connectivity index (χ0) is 15.9. The lowest BCUT2D eigenvalue weighted by Crippen LogP contribution is -2.40. The van der Waals surface area contributed by atoms with E-state index in [1.54, 1.807) is 6.20 Å². The molecule has 2 rings (SSSR count). The van der Waals surface area contributed by atoms with Gasteiger partial charge in [0, 0.05) is 5.56 Å². The minimum absolute atomic E-state index is 0.0590. The van der Waals surface area contributed by atoms with Crippen molar-refractivity contribution in [2.45, 2.75) is 32.9 Å². The lowest BCUT2D eigenvalue weighted by Gasteiger charge is -2.18. The average Bonchev–Trinajstić information content (AvgIpc) is 2.95. The summed E-state index contributed by atoms with van der Waals surface area (Å²) in [6.45, 7) is 4.14. The maximum absolute atomic E-state index is 12.0. The van der Waals surface area contributed by atoms with Crippen LogP contribution in [0.2, 0.25) is 0 Å². The first-order chi connectivity index (χ1) is 10.6. The number of amides is 1. The van der Waals surface area contributed by atoms with E-state index in [4.69, 9.17) is 0 Å². The molecule has 6 nitrogen and oxygen atoms in total. The summed E-state index contributed by atoms with van der Waals surface area (Å²) < 4.78 is 1.50. The van der Waals surface area contributed by atoms with Crippen LogP contribution in [-0.2, 0) is 11.3 Å². The summed E-state index contributed by atoms with van der Waals surface area (Å²) in [5, 5.41) is 20.2. The Balaban J connectivity index is 1.94. The lowest BCUT2D eigenvalue weighted by atomic mass is 10.0. The predicted molar refractivity (Wildman–Crippen MR) is 83.9 cm³/mol. The molecule has 0 aliphatic rings. The molecule has 118 valence electrons. The van der Waals surface area contributed by atoms with Gasteiger partial charge in [-0.05, 0) is 12.3 Å². The highest BCUT2D eigenvalue weighted by Crippen LogP contribution is 2.14. The van der Waals surface area contributed by atoms with Gasteiger partial charge in [0.1, 0.15) is 12.2 Å². The van der Waals surface area contributed by atoms with Crippen molar-refractivity contribution in [1.29, 1.82) is 0 Å². The van der Waals surface area contributed by atoms with Crippen molar-refractivity contribution in [3.8, 4) is 11.3 Å². The number of benzene rings is 1. The van der Waals surface area contributed by atoms with E-state index >= 15 is 0 Å². The molecular formula is C16H22N4O2. The SMILES string of the molecule is CC(C)CC(CO)NC(=O)Cn1cc(-c2ccccc2)nn1. The van der Waals surface area contributed by atoms with Crippen LogP contribution in [0.3, 0.4) is 0 Å². The van der Waals surface area contributed by atoms with Crippen molar-refractivity contribution in [1.82, 2.24) is 20.3 Å². The summed E-state index contributed by atoms with van der Waals surface area (Å²) in [4.78, 5) is 12.0. The van der Waals surface area contributed by atoms with Crippen molar-refractivity contribution < 1.29 is 9.90 Å². The van der Waals surface area contributed by atoms with Gasteiger partial charge in [0.15, 0.2) is 0 Å². The van der Waals surface area contributed by atoms with Crippen LogP contribution in [0, 0.1) is 5.92 Å². The molecule has 1 aromatic heterocycles. The van der Waals surface area contributed by atoms with Gasteiger partial charge in [0.2, 0.25) is 5.91 Å². The summed E-state index contributed by atoms with van der Waals surface area (Å²) in [5.41, 5.74) is 1.69. The van der Waals surface area contributed by atoms with Crippen molar-refractivity contribution in [2.24, 2.45) is 5.92 Å². The van der Waals surface area contributed by atoms with Crippen LogP contribution in [0.4, 0.5) is 0 Å². The Hall–Kier alpha value is -2.21. The third-order valence-corrected chi connectivity index (χ3v) is 3.26. The molecule has 2 aromatic rings. The summed E-state index contributed by atoms with van der Waals surface area (Å²) in [5.74, 6) is 0.234. The number of nitrogens with one attached hydrogen (secondary N) is 1. The molecule has 1 unspecified atom stereocenters. The van der Waals surface area contributed by atoms with Crippen LogP contribution in [0.25, 0.3) is 11.3 Å². The quantitative estimate of drug-likeness (QED) is 0.811. The minimum Gasteiger partial charge on any atom is -0.394 e.